The van der Waals surface area contributed by atoms with Crippen LogP contribution in [0.2, 0.25) is 5.02 Å². The maximum atomic E-state index is 15.1. The van der Waals surface area contributed by atoms with Gasteiger partial charge in [-0.3, -0.25) is 4.79 Å². The average Bonchev–Trinajstić information content (AvgIpc) is 2.97. The Kier molecular flexibility index (Phi) is 8.58. The summed E-state index contributed by atoms with van der Waals surface area (Å²) in [5.74, 6) is -4.39. The molecule has 45 heavy (non-hydrogen) atoms. The Balaban J connectivity index is 1.89. The molecule has 1 fully saturated rings. The Bertz CT molecular complexity index is 1870. The fourth-order valence-electron chi connectivity index (χ4n) is 5.71. The molecule has 1 aliphatic rings. The standard InChI is InChI=1S/C31H31ClF3N7O3/c1-15(2)24-27(25(16(3)4)37-14-36-24)41-29-19(12-20(32)26(42(29)45)23-21(34)8-7-9-22(23)35)28(38-31(41)44)40-11-10-39(13-17(40)5)30(43)18(6)33/h7-9,12,14-17H,6,10-11,13H2,1-5H3/t17-/m0/s1. The topological polar surface area (TPSA) is 111 Å². The number of piperazine rings is 1. The molecule has 10 nitrogen and oxygen atoms in total. The fraction of sp³-hybridized carbons (Fsp3) is 0.355. The van der Waals surface area contributed by atoms with Crippen LogP contribution in [0.1, 0.15) is 57.8 Å². The minimum atomic E-state index is -1.10. The third-order valence-electron chi connectivity index (χ3n) is 7.79. The largest absolute Gasteiger partial charge is 0.710 e. The van der Waals surface area contributed by atoms with E-state index in [-0.39, 0.29) is 63.8 Å². The van der Waals surface area contributed by atoms with E-state index in [2.05, 4.69) is 21.5 Å². The Morgan fingerprint density at radius 3 is 2.24 bits per heavy atom. The van der Waals surface area contributed by atoms with Crippen molar-refractivity contribution < 1.29 is 22.7 Å². The number of anilines is 1. The van der Waals surface area contributed by atoms with E-state index in [1.807, 2.05) is 27.7 Å². The summed E-state index contributed by atoms with van der Waals surface area (Å²) in [5.41, 5.74) is -1.24. The van der Waals surface area contributed by atoms with Gasteiger partial charge in [0.1, 0.15) is 23.3 Å². The van der Waals surface area contributed by atoms with Crippen molar-refractivity contribution in [2.45, 2.75) is 52.5 Å². The van der Waals surface area contributed by atoms with Crippen LogP contribution in [0.25, 0.3) is 28.0 Å². The Hall–Kier alpha value is -4.52. The van der Waals surface area contributed by atoms with E-state index in [0.717, 1.165) is 22.8 Å². The summed E-state index contributed by atoms with van der Waals surface area (Å²) < 4.78 is 45.1. The summed E-state index contributed by atoms with van der Waals surface area (Å²) >= 11 is 6.62. The summed E-state index contributed by atoms with van der Waals surface area (Å²) in [4.78, 5) is 42.7. The van der Waals surface area contributed by atoms with Gasteiger partial charge in [-0.2, -0.15) is 4.98 Å². The molecule has 1 atom stereocenters. The Labute approximate surface area is 262 Å². The van der Waals surface area contributed by atoms with Crippen LogP contribution in [-0.4, -0.2) is 56.0 Å². The quantitative estimate of drug-likeness (QED) is 0.162. The van der Waals surface area contributed by atoms with Crippen molar-refractivity contribution in [2.75, 3.05) is 24.5 Å². The van der Waals surface area contributed by atoms with Gasteiger partial charge in [0.05, 0.1) is 22.0 Å². The smallest absolute Gasteiger partial charge is 0.442 e. The first-order valence-corrected chi connectivity index (χ1v) is 14.7. The van der Waals surface area contributed by atoms with Gasteiger partial charge in [-0.15, -0.1) is 4.57 Å². The molecule has 236 valence electrons. The second-order valence-corrected chi connectivity index (χ2v) is 11.9. The molecule has 1 aliphatic heterocycles. The molecule has 1 amide bonds. The number of fused-ring (bicyclic) bond motifs is 1. The molecular formula is C31H31ClF3N7O3. The van der Waals surface area contributed by atoms with Crippen molar-refractivity contribution in [3.8, 4) is 16.9 Å². The lowest BCUT2D eigenvalue weighted by Crippen LogP contribution is -2.54. The highest BCUT2D eigenvalue weighted by atomic mass is 35.5. The van der Waals surface area contributed by atoms with Crippen LogP contribution in [0.15, 0.2) is 47.8 Å². The summed E-state index contributed by atoms with van der Waals surface area (Å²) in [5, 5.41) is 14.3. The molecule has 0 spiro atoms. The number of hydrogen-bond donors (Lipinski definition) is 0. The van der Waals surface area contributed by atoms with E-state index in [4.69, 9.17) is 11.6 Å². The van der Waals surface area contributed by atoms with Crippen molar-refractivity contribution in [1.82, 2.24) is 24.4 Å². The highest BCUT2D eigenvalue weighted by Crippen LogP contribution is 2.36. The second-order valence-electron chi connectivity index (χ2n) is 11.5. The number of hydrogen-bond acceptors (Lipinski definition) is 7. The van der Waals surface area contributed by atoms with Gasteiger partial charge < -0.3 is 15.0 Å². The molecule has 0 radical (unpaired) electrons. The molecule has 0 N–H and O–H groups in total. The SMILES string of the molecule is C=C(F)C(=O)N1CCN(c2nc(=O)n(-c3c(C(C)C)ncnc3C(C)C)c3c2cc(Cl)c(-c2c(F)cccc2F)[n+]3[O-])[C@@H](C)C1. The van der Waals surface area contributed by atoms with Gasteiger partial charge in [-0.25, -0.2) is 32.7 Å². The van der Waals surface area contributed by atoms with Crippen LogP contribution in [-0.2, 0) is 4.79 Å². The normalized spacial score (nSPS) is 15.4. The van der Waals surface area contributed by atoms with Crippen LogP contribution >= 0.6 is 11.6 Å². The van der Waals surface area contributed by atoms with Gasteiger partial charge in [0.2, 0.25) is 0 Å². The number of pyridine rings is 1. The molecule has 0 bridgehead atoms. The molecule has 3 aromatic heterocycles. The molecule has 0 unspecified atom stereocenters. The van der Waals surface area contributed by atoms with Crippen LogP contribution in [0.4, 0.5) is 19.0 Å². The maximum Gasteiger partial charge on any atom is 0.442 e. The van der Waals surface area contributed by atoms with Crippen LogP contribution in [0, 0.1) is 16.8 Å². The highest BCUT2D eigenvalue weighted by molar-refractivity contribution is 6.33. The first-order valence-electron chi connectivity index (χ1n) is 14.3. The predicted octanol–water partition coefficient (Wildman–Crippen LogP) is 5.17. The van der Waals surface area contributed by atoms with Crippen molar-refractivity contribution in [3.05, 3.63) is 86.7 Å². The number of amides is 1. The molecule has 4 heterocycles. The van der Waals surface area contributed by atoms with Crippen LogP contribution < -0.4 is 15.3 Å². The molecule has 1 saturated heterocycles. The maximum absolute atomic E-state index is 15.1. The Morgan fingerprint density at radius 1 is 1.11 bits per heavy atom. The van der Waals surface area contributed by atoms with Gasteiger partial charge in [-0.1, -0.05) is 51.9 Å². The van der Waals surface area contributed by atoms with Gasteiger partial charge in [0.15, 0.2) is 23.0 Å². The van der Waals surface area contributed by atoms with Crippen molar-refractivity contribution in [1.29, 1.82) is 0 Å². The molecule has 5 rings (SSSR count). The van der Waals surface area contributed by atoms with E-state index in [9.17, 15) is 19.2 Å². The summed E-state index contributed by atoms with van der Waals surface area (Å²) in [7, 11) is 0. The monoisotopic (exact) mass is 641 g/mol. The predicted molar refractivity (Wildman–Crippen MR) is 164 cm³/mol. The highest BCUT2D eigenvalue weighted by Gasteiger charge is 2.36. The van der Waals surface area contributed by atoms with E-state index >= 15 is 8.78 Å². The number of nitrogens with zero attached hydrogens (tertiary/aromatic N) is 7. The molecule has 14 heteroatoms. The van der Waals surface area contributed by atoms with Gasteiger partial charge in [0, 0.05) is 25.7 Å². The first kappa shape index (κ1) is 31.9. The number of carbonyl (C=O) groups excluding carboxylic acids is 1. The van der Waals surface area contributed by atoms with E-state index in [1.165, 1.54) is 17.3 Å². The fourth-order valence-corrected chi connectivity index (χ4v) is 5.99. The molecule has 0 saturated carbocycles. The molecule has 0 aliphatic carbocycles. The zero-order valence-corrected chi connectivity index (χ0v) is 26.1. The number of benzene rings is 1. The zero-order valence-electron chi connectivity index (χ0n) is 25.3. The third kappa shape index (κ3) is 5.49. The second kappa shape index (κ2) is 12.1. The number of halogens is 4. The minimum Gasteiger partial charge on any atom is -0.710 e. The molecular weight excluding hydrogens is 611 g/mol. The van der Waals surface area contributed by atoms with E-state index < -0.39 is 46.4 Å². The lowest BCUT2D eigenvalue weighted by Gasteiger charge is -2.40. The average molecular weight is 642 g/mol. The summed E-state index contributed by atoms with van der Waals surface area (Å²) in [6.07, 6.45) is 1.38. The van der Waals surface area contributed by atoms with Crippen molar-refractivity contribution >= 4 is 34.4 Å². The summed E-state index contributed by atoms with van der Waals surface area (Å²) in [6.45, 7) is 12.5. The zero-order chi connectivity index (χ0) is 32.9. The number of rotatable bonds is 6. The van der Waals surface area contributed by atoms with Gasteiger partial charge in [-0.05, 0) is 37.0 Å². The Morgan fingerprint density at radius 2 is 1.71 bits per heavy atom. The molecule has 4 aromatic rings. The van der Waals surface area contributed by atoms with Gasteiger partial charge >= 0.3 is 11.3 Å². The number of carbonyl (C=O) groups is 1. The molecule has 1 aromatic carbocycles. The minimum absolute atomic E-state index is 0.0611. The summed E-state index contributed by atoms with van der Waals surface area (Å²) in [6, 6.07) is 4.00. The number of aromatic nitrogens is 5. The van der Waals surface area contributed by atoms with Crippen molar-refractivity contribution in [2.24, 2.45) is 0 Å². The van der Waals surface area contributed by atoms with Crippen molar-refractivity contribution in [3.63, 3.8) is 0 Å². The van der Waals surface area contributed by atoms with E-state index in [1.54, 1.807) is 11.8 Å². The third-order valence-corrected chi connectivity index (χ3v) is 8.08. The van der Waals surface area contributed by atoms with E-state index in [0.29, 0.717) is 11.4 Å². The van der Waals surface area contributed by atoms with Crippen LogP contribution in [0.3, 0.4) is 0 Å². The first-order chi connectivity index (χ1) is 21.2. The van der Waals surface area contributed by atoms with Crippen LogP contribution in [0.5, 0.6) is 0 Å². The van der Waals surface area contributed by atoms with Gasteiger partial charge in [0.25, 0.3) is 5.91 Å². The lowest BCUT2D eigenvalue weighted by atomic mass is 10.0. The lowest BCUT2D eigenvalue weighted by molar-refractivity contribution is -0.568.